The number of ether oxygens (including phenoxy) is 2. The van der Waals surface area contributed by atoms with Gasteiger partial charge in [0.15, 0.2) is 0 Å². The maximum absolute atomic E-state index is 6.04. The van der Waals surface area contributed by atoms with E-state index in [0.29, 0.717) is 27.6 Å². The van der Waals surface area contributed by atoms with Gasteiger partial charge in [-0.3, -0.25) is 0 Å². The molecule has 3 aromatic rings. The van der Waals surface area contributed by atoms with Crippen molar-refractivity contribution in [2.24, 2.45) is 0 Å². The van der Waals surface area contributed by atoms with Gasteiger partial charge in [-0.2, -0.15) is 0 Å². The molecular weight excluding hydrogens is 348 g/mol. The molecule has 0 saturated carbocycles. The van der Waals surface area contributed by atoms with E-state index in [2.05, 4.69) is 10.2 Å². The van der Waals surface area contributed by atoms with Crippen molar-refractivity contribution in [2.45, 2.75) is 11.0 Å². The van der Waals surface area contributed by atoms with Crippen LogP contribution in [0.4, 0.5) is 0 Å². The summed E-state index contributed by atoms with van der Waals surface area (Å²) in [7, 11) is 3.24. The number of rotatable bonds is 6. The van der Waals surface area contributed by atoms with Gasteiger partial charge in [-0.05, 0) is 30.3 Å². The number of halogens is 1. The van der Waals surface area contributed by atoms with Gasteiger partial charge in [0.05, 0.1) is 19.8 Å². The molecule has 24 heavy (non-hydrogen) atoms. The first-order chi connectivity index (χ1) is 11.7. The fourth-order valence-corrected chi connectivity index (χ4v) is 3.13. The second-order valence-corrected chi connectivity index (χ2v) is 6.18. The highest BCUT2D eigenvalue weighted by Crippen LogP contribution is 2.33. The summed E-state index contributed by atoms with van der Waals surface area (Å²) in [4.78, 5) is 0. The third-order valence-electron chi connectivity index (χ3n) is 3.34. The summed E-state index contributed by atoms with van der Waals surface area (Å²) in [6.07, 6.45) is 0. The minimum Gasteiger partial charge on any atom is -0.496 e. The molecule has 7 heteroatoms. The number of methoxy groups -OCH3 is 2. The molecule has 0 saturated heterocycles. The lowest BCUT2D eigenvalue weighted by Crippen LogP contribution is -1.90. The molecule has 0 N–H and O–H groups in total. The van der Waals surface area contributed by atoms with Crippen molar-refractivity contribution in [3.05, 3.63) is 53.1 Å². The molecule has 124 valence electrons. The molecule has 5 nitrogen and oxygen atoms in total. The Morgan fingerprint density at radius 2 is 1.83 bits per heavy atom. The predicted molar refractivity (Wildman–Crippen MR) is 93.9 cm³/mol. The highest BCUT2D eigenvalue weighted by molar-refractivity contribution is 7.98. The highest BCUT2D eigenvalue weighted by Gasteiger charge is 2.14. The van der Waals surface area contributed by atoms with Gasteiger partial charge >= 0.3 is 0 Å². The molecule has 3 rings (SSSR count). The van der Waals surface area contributed by atoms with Crippen LogP contribution in [0.1, 0.15) is 5.56 Å². The Labute approximate surface area is 148 Å². The fraction of sp³-hybridized carbons (Fsp3) is 0.176. The third-order valence-corrected chi connectivity index (χ3v) is 4.44. The summed E-state index contributed by atoms with van der Waals surface area (Å²) in [5.74, 6) is 2.50. The molecule has 0 amide bonds. The number of nitrogens with zero attached hydrogens (tertiary/aromatic N) is 2. The van der Waals surface area contributed by atoms with Gasteiger partial charge in [0, 0.05) is 16.3 Å². The lowest BCUT2D eigenvalue weighted by Gasteiger charge is -2.07. The Balaban J connectivity index is 1.76. The summed E-state index contributed by atoms with van der Waals surface area (Å²) < 4.78 is 16.4. The molecular formula is C17H15ClN2O3S. The van der Waals surface area contributed by atoms with Crippen LogP contribution in [-0.4, -0.2) is 24.4 Å². The number of para-hydroxylation sites is 1. The number of aromatic nitrogens is 2. The zero-order valence-corrected chi connectivity index (χ0v) is 14.7. The van der Waals surface area contributed by atoms with E-state index in [4.69, 9.17) is 25.5 Å². The van der Waals surface area contributed by atoms with E-state index in [-0.39, 0.29) is 0 Å². The summed E-state index contributed by atoms with van der Waals surface area (Å²) in [5.41, 5.74) is 1.73. The van der Waals surface area contributed by atoms with Crippen molar-refractivity contribution in [1.82, 2.24) is 10.2 Å². The zero-order valence-electron chi connectivity index (χ0n) is 13.2. The summed E-state index contributed by atoms with van der Waals surface area (Å²) in [5, 5.41) is 9.30. The normalized spacial score (nSPS) is 10.6. The number of thioether (sulfide) groups is 1. The van der Waals surface area contributed by atoms with Crippen molar-refractivity contribution in [2.75, 3.05) is 14.2 Å². The van der Waals surface area contributed by atoms with Gasteiger partial charge in [0.2, 0.25) is 0 Å². The lowest BCUT2D eigenvalue weighted by molar-refractivity contribution is 0.410. The van der Waals surface area contributed by atoms with Crippen LogP contribution in [0.25, 0.3) is 11.5 Å². The Kier molecular flexibility index (Phi) is 5.27. The van der Waals surface area contributed by atoms with Gasteiger partial charge in [-0.25, -0.2) is 0 Å². The van der Waals surface area contributed by atoms with E-state index in [0.717, 1.165) is 16.9 Å². The largest absolute Gasteiger partial charge is 0.496 e. The lowest BCUT2D eigenvalue weighted by atomic mass is 10.2. The van der Waals surface area contributed by atoms with Crippen molar-refractivity contribution in [3.8, 4) is 23.0 Å². The van der Waals surface area contributed by atoms with E-state index >= 15 is 0 Å². The molecule has 0 radical (unpaired) electrons. The molecule has 0 unspecified atom stereocenters. The molecule has 0 atom stereocenters. The average molecular weight is 363 g/mol. The molecule has 0 spiro atoms. The first kappa shape index (κ1) is 16.7. The Morgan fingerprint density at radius 1 is 1.04 bits per heavy atom. The van der Waals surface area contributed by atoms with Gasteiger partial charge in [0.25, 0.3) is 11.1 Å². The van der Waals surface area contributed by atoms with E-state index in [1.807, 2.05) is 36.4 Å². The Bertz CT molecular complexity index is 838. The molecule has 1 aromatic heterocycles. The maximum atomic E-state index is 6.04. The minimum atomic E-state index is 0.424. The monoisotopic (exact) mass is 362 g/mol. The van der Waals surface area contributed by atoms with Crippen LogP contribution in [0.3, 0.4) is 0 Å². The van der Waals surface area contributed by atoms with Crippen LogP contribution in [-0.2, 0) is 5.75 Å². The Hall–Kier alpha value is -2.18. The van der Waals surface area contributed by atoms with E-state index < -0.39 is 0 Å². The van der Waals surface area contributed by atoms with Gasteiger partial charge in [0.1, 0.15) is 11.5 Å². The summed E-state index contributed by atoms with van der Waals surface area (Å²) >= 11 is 7.46. The second-order valence-electron chi connectivity index (χ2n) is 4.82. The first-order valence-electron chi connectivity index (χ1n) is 7.13. The first-order valence-corrected chi connectivity index (χ1v) is 8.49. The van der Waals surface area contributed by atoms with Crippen molar-refractivity contribution < 1.29 is 13.9 Å². The van der Waals surface area contributed by atoms with E-state index in [1.54, 1.807) is 20.3 Å². The van der Waals surface area contributed by atoms with Gasteiger partial charge in [-0.1, -0.05) is 35.5 Å². The molecule has 0 fully saturated rings. The Morgan fingerprint density at radius 3 is 2.62 bits per heavy atom. The van der Waals surface area contributed by atoms with E-state index in [1.165, 1.54) is 11.8 Å². The highest BCUT2D eigenvalue weighted by atomic mass is 35.5. The average Bonchev–Trinajstić information content (AvgIpc) is 3.09. The predicted octanol–water partition coefficient (Wildman–Crippen LogP) is 4.70. The maximum Gasteiger partial charge on any atom is 0.277 e. The van der Waals surface area contributed by atoms with Crippen molar-refractivity contribution >= 4 is 23.4 Å². The smallest absolute Gasteiger partial charge is 0.277 e. The van der Waals surface area contributed by atoms with Crippen LogP contribution in [0.2, 0.25) is 5.02 Å². The third kappa shape index (κ3) is 3.66. The fourth-order valence-electron chi connectivity index (χ4n) is 2.20. The molecule has 0 aliphatic heterocycles. The minimum absolute atomic E-state index is 0.424. The standard InChI is InChI=1S/C17H15ClN2O3S/c1-21-14-8-7-12(18)9-11(14)10-24-17-20-19-16(23-17)13-5-3-4-6-15(13)22-2/h3-9H,10H2,1-2H3. The molecule has 0 aliphatic carbocycles. The number of benzene rings is 2. The zero-order chi connectivity index (χ0) is 16.9. The van der Waals surface area contributed by atoms with Crippen LogP contribution in [0.15, 0.2) is 52.1 Å². The van der Waals surface area contributed by atoms with Gasteiger partial charge < -0.3 is 13.9 Å². The van der Waals surface area contributed by atoms with Crippen LogP contribution >= 0.6 is 23.4 Å². The molecule has 2 aromatic carbocycles. The number of hydrogen-bond donors (Lipinski definition) is 0. The summed E-state index contributed by atoms with van der Waals surface area (Å²) in [6.45, 7) is 0. The second kappa shape index (κ2) is 7.59. The van der Waals surface area contributed by atoms with Crippen molar-refractivity contribution in [3.63, 3.8) is 0 Å². The van der Waals surface area contributed by atoms with Crippen LogP contribution < -0.4 is 9.47 Å². The van der Waals surface area contributed by atoms with Crippen molar-refractivity contribution in [1.29, 1.82) is 0 Å². The molecule has 1 heterocycles. The van der Waals surface area contributed by atoms with Crippen LogP contribution in [0, 0.1) is 0 Å². The van der Waals surface area contributed by atoms with E-state index in [9.17, 15) is 0 Å². The SMILES string of the molecule is COc1ccc(Cl)cc1CSc1nnc(-c2ccccc2OC)o1. The quantitative estimate of drug-likeness (QED) is 0.592. The molecule has 0 bridgehead atoms. The number of hydrogen-bond acceptors (Lipinski definition) is 6. The van der Waals surface area contributed by atoms with Gasteiger partial charge in [-0.15, -0.1) is 10.2 Å². The molecule has 0 aliphatic rings. The van der Waals surface area contributed by atoms with Crippen LogP contribution in [0.5, 0.6) is 11.5 Å². The topological polar surface area (TPSA) is 57.4 Å². The summed E-state index contributed by atoms with van der Waals surface area (Å²) in [6, 6.07) is 13.0.